The van der Waals surface area contributed by atoms with Crippen molar-refractivity contribution >= 4 is 35.1 Å². The number of benzene rings is 2. The highest BCUT2D eigenvalue weighted by atomic mass is 32.2. The van der Waals surface area contributed by atoms with Gasteiger partial charge in [-0.3, -0.25) is 4.79 Å². The number of carbonyl (C=O) groups is 1. The lowest BCUT2D eigenvalue weighted by Gasteiger charge is -2.10. The molecule has 0 spiro atoms. The molecule has 140 valence electrons. The first kappa shape index (κ1) is 19.5. The third-order valence-electron chi connectivity index (χ3n) is 4.13. The van der Waals surface area contributed by atoms with Gasteiger partial charge in [0.2, 0.25) is 5.91 Å². The maximum Gasteiger partial charge on any atom is 0.234 e. The van der Waals surface area contributed by atoms with Crippen molar-refractivity contribution in [3.05, 3.63) is 54.1 Å². The van der Waals surface area contributed by atoms with Crippen LogP contribution in [-0.2, 0) is 11.3 Å². The Hall–Kier alpha value is -2.25. The van der Waals surface area contributed by atoms with Crippen LogP contribution in [0.2, 0.25) is 0 Å². The molecule has 0 aliphatic heterocycles. The van der Waals surface area contributed by atoms with Crippen LogP contribution in [0.15, 0.2) is 58.6 Å². The van der Waals surface area contributed by atoms with Gasteiger partial charge < -0.3 is 9.88 Å². The van der Waals surface area contributed by atoms with E-state index in [2.05, 4.69) is 40.0 Å². The lowest BCUT2D eigenvalue weighted by Crippen LogP contribution is -2.15. The van der Waals surface area contributed by atoms with Gasteiger partial charge in [0.15, 0.2) is 11.0 Å². The molecule has 5 nitrogen and oxygen atoms in total. The number of amides is 1. The molecule has 1 heterocycles. The predicted molar refractivity (Wildman–Crippen MR) is 113 cm³/mol. The van der Waals surface area contributed by atoms with Gasteiger partial charge in [-0.25, -0.2) is 0 Å². The van der Waals surface area contributed by atoms with E-state index in [0.29, 0.717) is 0 Å². The van der Waals surface area contributed by atoms with Gasteiger partial charge >= 0.3 is 0 Å². The Morgan fingerprint density at radius 1 is 1.11 bits per heavy atom. The van der Waals surface area contributed by atoms with Gasteiger partial charge in [0, 0.05) is 17.0 Å². The number of carbonyl (C=O) groups excluding carboxylic acids is 1. The van der Waals surface area contributed by atoms with Crippen LogP contribution in [0, 0.1) is 6.92 Å². The van der Waals surface area contributed by atoms with Crippen LogP contribution >= 0.6 is 23.5 Å². The quantitative estimate of drug-likeness (QED) is 0.583. The molecule has 3 rings (SSSR count). The largest absolute Gasteiger partial charge is 0.324 e. The first-order valence-corrected chi connectivity index (χ1v) is 10.9. The van der Waals surface area contributed by atoms with E-state index >= 15 is 0 Å². The van der Waals surface area contributed by atoms with Gasteiger partial charge in [-0.1, -0.05) is 48.2 Å². The van der Waals surface area contributed by atoms with Gasteiger partial charge in [-0.2, -0.15) is 0 Å². The second-order valence-corrected chi connectivity index (χ2v) is 7.69. The fourth-order valence-corrected chi connectivity index (χ4v) is 4.12. The fourth-order valence-electron chi connectivity index (χ4n) is 2.77. The zero-order chi connectivity index (χ0) is 19.2. The maximum atomic E-state index is 12.4. The van der Waals surface area contributed by atoms with E-state index in [4.69, 9.17) is 0 Å². The average molecular weight is 399 g/mol. The molecule has 0 fully saturated rings. The zero-order valence-electron chi connectivity index (χ0n) is 15.6. The molecule has 0 saturated heterocycles. The normalized spacial score (nSPS) is 10.8. The lowest BCUT2D eigenvalue weighted by atomic mass is 10.1. The molecule has 3 aromatic rings. The minimum Gasteiger partial charge on any atom is -0.324 e. The summed E-state index contributed by atoms with van der Waals surface area (Å²) in [6.45, 7) is 4.87. The van der Waals surface area contributed by atoms with E-state index < -0.39 is 0 Å². The van der Waals surface area contributed by atoms with E-state index in [-0.39, 0.29) is 11.7 Å². The topological polar surface area (TPSA) is 59.8 Å². The molecular formula is C20H22N4OS2. The summed E-state index contributed by atoms with van der Waals surface area (Å²) in [6.07, 6.45) is 2.00. The van der Waals surface area contributed by atoms with Gasteiger partial charge in [0.05, 0.1) is 11.4 Å². The fraction of sp³-hybridized carbons (Fsp3) is 0.250. The van der Waals surface area contributed by atoms with Crippen molar-refractivity contribution in [3.63, 3.8) is 0 Å². The number of thioether (sulfide) groups is 2. The molecule has 1 N–H and O–H groups in total. The maximum absolute atomic E-state index is 12.4. The monoisotopic (exact) mass is 398 g/mol. The SMILES string of the molecule is CCn1c(SCC(=O)Nc2ccccc2SC)nnc1-c1ccccc1C. The molecule has 1 aromatic heterocycles. The van der Waals surface area contributed by atoms with E-state index in [0.717, 1.165) is 39.2 Å². The number of hydrogen-bond donors (Lipinski definition) is 1. The van der Waals surface area contributed by atoms with E-state index in [1.54, 1.807) is 11.8 Å². The van der Waals surface area contributed by atoms with Gasteiger partial charge in [-0.05, 0) is 37.8 Å². The molecule has 0 bridgehead atoms. The van der Waals surface area contributed by atoms with Crippen LogP contribution in [0.5, 0.6) is 0 Å². The summed E-state index contributed by atoms with van der Waals surface area (Å²) in [4.78, 5) is 13.4. The Kier molecular flexibility index (Phi) is 6.58. The highest BCUT2D eigenvalue weighted by Gasteiger charge is 2.16. The van der Waals surface area contributed by atoms with Crippen LogP contribution in [0.25, 0.3) is 11.4 Å². The summed E-state index contributed by atoms with van der Waals surface area (Å²) in [5.74, 6) is 1.07. The Morgan fingerprint density at radius 3 is 2.59 bits per heavy atom. The van der Waals surface area contributed by atoms with E-state index in [1.807, 2.05) is 48.7 Å². The molecule has 0 saturated carbocycles. The molecule has 2 aromatic carbocycles. The number of aromatic nitrogens is 3. The summed E-state index contributed by atoms with van der Waals surface area (Å²) in [5, 5.41) is 12.4. The number of nitrogens with zero attached hydrogens (tertiary/aromatic N) is 3. The molecule has 27 heavy (non-hydrogen) atoms. The van der Waals surface area contributed by atoms with Gasteiger partial charge in [-0.15, -0.1) is 22.0 Å². The van der Waals surface area contributed by atoms with Crippen molar-refractivity contribution in [1.82, 2.24) is 14.8 Å². The molecule has 0 atom stereocenters. The smallest absolute Gasteiger partial charge is 0.234 e. The number of para-hydroxylation sites is 1. The molecule has 0 unspecified atom stereocenters. The summed E-state index contributed by atoms with van der Waals surface area (Å²) >= 11 is 3.02. The molecule has 0 aliphatic carbocycles. The van der Waals surface area contributed by atoms with Crippen molar-refractivity contribution in [1.29, 1.82) is 0 Å². The minimum absolute atomic E-state index is 0.0513. The lowest BCUT2D eigenvalue weighted by molar-refractivity contribution is -0.113. The predicted octanol–water partition coefficient (Wildman–Crippen LogP) is 4.73. The summed E-state index contributed by atoms with van der Waals surface area (Å²) in [6, 6.07) is 15.9. The Balaban J connectivity index is 1.71. The summed E-state index contributed by atoms with van der Waals surface area (Å²) in [7, 11) is 0. The number of nitrogens with one attached hydrogen (secondary N) is 1. The van der Waals surface area contributed by atoms with Crippen LogP contribution in [0.3, 0.4) is 0 Å². The van der Waals surface area contributed by atoms with Crippen LogP contribution < -0.4 is 5.32 Å². The highest BCUT2D eigenvalue weighted by molar-refractivity contribution is 7.99. The second kappa shape index (κ2) is 9.10. The third kappa shape index (κ3) is 4.54. The first-order chi connectivity index (χ1) is 13.1. The van der Waals surface area contributed by atoms with Crippen molar-refractivity contribution < 1.29 is 4.79 Å². The molecule has 7 heteroatoms. The van der Waals surface area contributed by atoms with Crippen molar-refractivity contribution in [2.75, 3.05) is 17.3 Å². The molecule has 0 aliphatic rings. The zero-order valence-corrected chi connectivity index (χ0v) is 17.2. The number of aryl methyl sites for hydroxylation is 1. The Bertz CT molecular complexity index is 939. The van der Waals surface area contributed by atoms with Gasteiger partial charge in [0.1, 0.15) is 0 Å². The average Bonchev–Trinajstić information content (AvgIpc) is 3.10. The Morgan fingerprint density at radius 2 is 1.85 bits per heavy atom. The Labute approximate surface area is 168 Å². The highest BCUT2D eigenvalue weighted by Crippen LogP contribution is 2.27. The van der Waals surface area contributed by atoms with Gasteiger partial charge in [0.25, 0.3) is 0 Å². The van der Waals surface area contributed by atoms with Crippen LogP contribution in [0.4, 0.5) is 5.69 Å². The number of hydrogen-bond acceptors (Lipinski definition) is 5. The molecule has 1 amide bonds. The van der Waals surface area contributed by atoms with Crippen molar-refractivity contribution in [2.24, 2.45) is 0 Å². The minimum atomic E-state index is -0.0513. The first-order valence-electron chi connectivity index (χ1n) is 8.69. The van der Waals surface area contributed by atoms with Crippen LogP contribution in [0.1, 0.15) is 12.5 Å². The molecular weight excluding hydrogens is 376 g/mol. The van der Waals surface area contributed by atoms with Crippen molar-refractivity contribution in [3.8, 4) is 11.4 Å². The summed E-state index contributed by atoms with van der Waals surface area (Å²) < 4.78 is 2.05. The molecule has 0 radical (unpaired) electrons. The van der Waals surface area contributed by atoms with Crippen LogP contribution in [-0.4, -0.2) is 32.7 Å². The number of anilines is 1. The third-order valence-corrected chi connectivity index (χ3v) is 5.90. The summed E-state index contributed by atoms with van der Waals surface area (Å²) in [5.41, 5.74) is 3.06. The second-order valence-electron chi connectivity index (χ2n) is 5.90. The van der Waals surface area contributed by atoms with Crippen molar-refractivity contribution in [2.45, 2.75) is 30.4 Å². The standard InChI is InChI=1S/C20H22N4OS2/c1-4-24-19(15-10-6-5-9-14(15)2)22-23-20(24)27-13-18(25)21-16-11-7-8-12-17(16)26-3/h5-12H,4,13H2,1-3H3,(H,21,25). The number of rotatable bonds is 7. The van der Waals surface area contributed by atoms with E-state index in [1.165, 1.54) is 11.8 Å². The van der Waals surface area contributed by atoms with E-state index in [9.17, 15) is 4.79 Å².